The Morgan fingerprint density at radius 2 is 2.04 bits per heavy atom. The Balaban J connectivity index is 1.74. The van der Waals surface area contributed by atoms with Crippen LogP contribution in [0.5, 0.6) is 0 Å². The highest BCUT2D eigenvalue weighted by atomic mass is 16.2. The van der Waals surface area contributed by atoms with Crippen molar-refractivity contribution >= 4 is 11.8 Å². The highest BCUT2D eigenvalue weighted by molar-refractivity contribution is 5.93. The standard InChI is InChI=1S/C19H25N5O3/c1-13-4-6-15(7-5-13)24-17(25)11-16(22-24)19(27)23-10-2-3-14(12-23)18(26)21-9-8-20/h4-7,11,14,22H,2-3,8-10,12,20H2,1H3,(H,21,26). The second-order valence-electron chi connectivity index (χ2n) is 6.85. The fourth-order valence-corrected chi connectivity index (χ4v) is 3.28. The number of amides is 2. The monoisotopic (exact) mass is 371 g/mol. The number of H-pyrrole nitrogens is 1. The third-order valence-electron chi connectivity index (χ3n) is 4.77. The van der Waals surface area contributed by atoms with Crippen molar-refractivity contribution in [1.29, 1.82) is 0 Å². The molecule has 1 aliphatic rings. The minimum atomic E-state index is -0.295. The summed E-state index contributed by atoms with van der Waals surface area (Å²) in [6.45, 7) is 3.68. The highest BCUT2D eigenvalue weighted by Crippen LogP contribution is 2.18. The second kappa shape index (κ2) is 8.22. The van der Waals surface area contributed by atoms with Crippen LogP contribution in [-0.4, -0.2) is 52.7 Å². The first-order chi connectivity index (χ1) is 13.0. The summed E-state index contributed by atoms with van der Waals surface area (Å²) < 4.78 is 1.35. The third-order valence-corrected chi connectivity index (χ3v) is 4.77. The van der Waals surface area contributed by atoms with Crippen LogP contribution in [0, 0.1) is 12.8 Å². The molecule has 8 nitrogen and oxygen atoms in total. The maximum absolute atomic E-state index is 12.8. The normalized spacial score (nSPS) is 17.0. The summed E-state index contributed by atoms with van der Waals surface area (Å²) in [5, 5.41) is 5.67. The van der Waals surface area contributed by atoms with Crippen molar-refractivity contribution in [3.8, 4) is 5.69 Å². The molecule has 1 fully saturated rings. The summed E-state index contributed by atoms with van der Waals surface area (Å²) in [5.74, 6) is -0.599. The molecule has 4 N–H and O–H groups in total. The zero-order chi connectivity index (χ0) is 19.4. The highest BCUT2D eigenvalue weighted by Gasteiger charge is 2.29. The molecule has 0 saturated carbocycles. The van der Waals surface area contributed by atoms with E-state index in [2.05, 4.69) is 10.4 Å². The van der Waals surface area contributed by atoms with Crippen molar-refractivity contribution in [2.24, 2.45) is 11.7 Å². The molecule has 1 unspecified atom stereocenters. The van der Waals surface area contributed by atoms with Crippen LogP contribution in [0.4, 0.5) is 0 Å². The van der Waals surface area contributed by atoms with Gasteiger partial charge >= 0.3 is 0 Å². The molecule has 0 bridgehead atoms. The number of rotatable bonds is 5. The lowest BCUT2D eigenvalue weighted by Gasteiger charge is -2.31. The SMILES string of the molecule is Cc1ccc(-n2[nH]c(C(=O)N3CCCC(C(=O)NCCN)C3)cc2=O)cc1. The lowest BCUT2D eigenvalue weighted by atomic mass is 9.97. The summed E-state index contributed by atoms with van der Waals surface area (Å²) in [4.78, 5) is 38.9. The fraction of sp³-hybridized carbons (Fsp3) is 0.421. The van der Waals surface area contributed by atoms with Gasteiger partial charge in [-0.15, -0.1) is 0 Å². The van der Waals surface area contributed by atoms with E-state index in [1.165, 1.54) is 10.7 Å². The van der Waals surface area contributed by atoms with Gasteiger partial charge in [-0.1, -0.05) is 17.7 Å². The number of aromatic amines is 1. The Labute approximate surface area is 157 Å². The molecule has 0 radical (unpaired) electrons. The number of aryl methyl sites for hydroxylation is 1. The molecule has 1 aromatic carbocycles. The summed E-state index contributed by atoms with van der Waals surface area (Å²) in [7, 11) is 0. The molecular weight excluding hydrogens is 346 g/mol. The van der Waals surface area contributed by atoms with Crippen molar-refractivity contribution < 1.29 is 9.59 Å². The molecule has 1 atom stereocenters. The van der Waals surface area contributed by atoms with E-state index in [0.29, 0.717) is 31.9 Å². The van der Waals surface area contributed by atoms with Gasteiger partial charge in [-0.2, -0.15) is 0 Å². The molecule has 1 aromatic heterocycles. The Morgan fingerprint density at radius 1 is 1.30 bits per heavy atom. The van der Waals surface area contributed by atoms with Crippen LogP contribution in [0.1, 0.15) is 28.9 Å². The predicted molar refractivity (Wildman–Crippen MR) is 102 cm³/mol. The molecule has 2 heterocycles. The number of nitrogens with two attached hydrogens (primary N) is 1. The summed E-state index contributed by atoms with van der Waals surface area (Å²) in [6, 6.07) is 8.75. The van der Waals surface area contributed by atoms with Crippen molar-refractivity contribution in [1.82, 2.24) is 20.0 Å². The number of aromatic nitrogens is 2. The van der Waals surface area contributed by atoms with Crippen molar-refractivity contribution in [2.45, 2.75) is 19.8 Å². The Kier molecular flexibility index (Phi) is 5.75. The van der Waals surface area contributed by atoms with Crippen LogP contribution in [0.2, 0.25) is 0 Å². The first kappa shape index (κ1) is 18.9. The van der Waals surface area contributed by atoms with Gasteiger partial charge < -0.3 is 16.0 Å². The number of carbonyl (C=O) groups excluding carboxylic acids is 2. The number of piperidine rings is 1. The van der Waals surface area contributed by atoms with Gasteiger partial charge in [0.25, 0.3) is 11.5 Å². The number of likely N-dealkylation sites (tertiary alicyclic amines) is 1. The van der Waals surface area contributed by atoms with Crippen molar-refractivity contribution in [3.63, 3.8) is 0 Å². The molecule has 144 valence electrons. The van der Waals surface area contributed by atoms with Crippen molar-refractivity contribution in [3.05, 3.63) is 51.9 Å². The van der Waals surface area contributed by atoms with E-state index >= 15 is 0 Å². The molecule has 1 aliphatic heterocycles. The van der Waals surface area contributed by atoms with Crippen LogP contribution in [-0.2, 0) is 4.79 Å². The summed E-state index contributed by atoms with van der Waals surface area (Å²) in [6.07, 6.45) is 1.48. The fourth-order valence-electron chi connectivity index (χ4n) is 3.28. The quantitative estimate of drug-likeness (QED) is 0.706. The van der Waals surface area contributed by atoms with E-state index in [0.717, 1.165) is 18.4 Å². The zero-order valence-electron chi connectivity index (χ0n) is 15.4. The molecule has 27 heavy (non-hydrogen) atoms. The topological polar surface area (TPSA) is 113 Å². The summed E-state index contributed by atoms with van der Waals surface area (Å²) in [5.41, 5.74) is 7.10. The molecule has 3 rings (SSSR count). The van der Waals surface area contributed by atoms with Gasteiger partial charge in [0.1, 0.15) is 5.69 Å². The maximum atomic E-state index is 12.8. The van der Waals surface area contributed by atoms with Crippen LogP contribution in [0.3, 0.4) is 0 Å². The van der Waals surface area contributed by atoms with Gasteiger partial charge in [-0.3, -0.25) is 19.5 Å². The van der Waals surface area contributed by atoms with Gasteiger partial charge in [-0.05, 0) is 31.9 Å². The molecule has 0 aliphatic carbocycles. The zero-order valence-corrected chi connectivity index (χ0v) is 15.4. The lowest BCUT2D eigenvalue weighted by Crippen LogP contribution is -2.46. The van der Waals surface area contributed by atoms with Crippen LogP contribution in [0.25, 0.3) is 5.69 Å². The van der Waals surface area contributed by atoms with E-state index in [1.807, 2.05) is 31.2 Å². The number of hydrogen-bond donors (Lipinski definition) is 3. The Hall–Kier alpha value is -2.87. The predicted octanol–water partition coefficient (Wildman–Crippen LogP) is 0.401. The summed E-state index contributed by atoms with van der Waals surface area (Å²) >= 11 is 0. The molecule has 1 saturated heterocycles. The van der Waals surface area contributed by atoms with E-state index < -0.39 is 0 Å². The molecular formula is C19H25N5O3. The Bertz CT molecular complexity index is 868. The number of benzene rings is 1. The van der Waals surface area contributed by atoms with E-state index in [1.54, 1.807) is 4.90 Å². The number of carbonyl (C=O) groups is 2. The molecule has 2 amide bonds. The van der Waals surface area contributed by atoms with Gasteiger partial charge in [0.05, 0.1) is 11.6 Å². The van der Waals surface area contributed by atoms with E-state index in [9.17, 15) is 14.4 Å². The number of nitrogens with zero attached hydrogens (tertiary/aromatic N) is 2. The van der Waals surface area contributed by atoms with Crippen LogP contribution < -0.4 is 16.6 Å². The minimum absolute atomic E-state index is 0.0799. The van der Waals surface area contributed by atoms with E-state index in [4.69, 9.17) is 5.73 Å². The average molecular weight is 371 g/mol. The van der Waals surface area contributed by atoms with E-state index in [-0.39, 0.29) is 29.0 Å². The third kappa shape index (κ3) is 4.28. The molecule has 2 aromatic rings. The number of hydrogen-bond acceptors (Lipinski definition) is 4. The van der Waals surface area contributed by atoms with Crippen LogP contribution in [0.15, 0.2) is 35.1 Å². The van der Waals surface area contributed by atoms with Crippen LogP contribution >= 0.6 is 0 Å². The molecule has 8 heteroatoms. The minimum Gasteiger partial charge on any atom is -0.355 e. The first-order valence-electron chi connectivity index (χ1n) is 9.15. The van der Waals surface area contributed by atoms with Gasteiger partial charge in [0, 0.05) is 32.2 Å². The number of nitrogens with one attached hydrogen (secondary N) is 2. The maximum Gasteiger partial charge on any atom is 0.271 e. The Morgan fingerprint density at radius 3 is 2.74 bits per heavy atom. The lowest BCUT2D eigenvalue weighted by molar-refractivity contribution is -0.126. The largest absolute Gasteiger partial charge is 0.355 e. The molecule has 0 spiro atoms. The van der Waals surface area contributed by atoms with Gasteiger partial charge in [0.15, 0.2) is 0 Å². The average Bonchev–Trinajstić information content (AvgIpc) is 3.08. The smallest absolute Gasteiger partial charge is 0.271 e. The first-order valence-corrected chi connectivity index (χ1v) is 9.15. The second-order valence-corrected chi connectivity index (χ2v) is 6.85. The van der Waals surface area contributed by atoms with Gasteiger partial charge in [0.2, 0.25) is 5.91 Å². The van der Waals surface area contributed by atoms with Gasteiger partial charge in [-0.25, -0.2) is 4.68 Å². The van der Waals surface area contributed by atoms with Crippen molar-refractivity contribution in [2.75, 3.05) is 26.2 Å².